The van der Waals surface area contributed by atoms with Gasteiger partial charge < -0.3 is 43.4 Å². The van der Waals surface area contributed by atoms with E-state index in [0.29, 0.717) is 15.6 Å². The standard InChI is InChI=1S/C30H35N11O11S2.Na.H/c1-3-39-8-9-40(24(45)23(39)44)29(51)34-18(14-6-4-13(5-7-14)17(32)28(50)52-10-16(31)26(46)47)21(42)33-19-22(43)41-20(27(48)49)15(11-53-25(19)41)12-54-30-35-36-37-38(30)2;;/h4-7,16-19,25H,3,8-12,31-32H2,1-2H3,(H,33,42)(H,34,51)(H,46,47)(H,48,49);;/q;+1;-1/t16-,17?,18+,19-,25-;;/m1../s1. The molecule has 25 heteroatoms. The summed E-state index contributed by atoms with van der Waals surface area (Å²) in [5, 5.41) is 34.8. The van der Waals surface area contributed by atoms with E-state index < -0.39 is 83.7 Å². The number of nitrogens with one attached hydrogen (secondary N) is 2. The van der Waals surface area contributed by atoms with E-state index in [1.165, 1.54) is 57.4 Å². The number of hydrogen-bond acceptors (Lipinski definition) is 16. The number of aliphatic carboxylic acids is 2. The number of carbonyl (C=O) groups is 8. The SMILES string of the molecule is CCN1CCN(C(=O)N[C@H](C(=O)N[C@@H]2C(=O)N3C(C(=O)O)=C(CSc4nnnn4C)CS[C@H]23)c2ccc(C(N)C(=O)OC[C@@H](N)C(=O)O)cc2)C(=O)C1=O.[H-].[Na+]. The van der Waals surface area contributed by atoms with Gasteiger partial charge in [0.2, 0.25) is 11.1 Å². The number of carboxylic acids is 2. The van der Waals surface area contributed by atoms with Crippen molar-refractivity contribution in [2.24, 2.45) is 18.5 Å². The quantitative estimate of drug-likeness (QED) is 0.0340. The van der Waals surface area contributed by atoms with Gasteiger partial charge in [-0.25, -0.2) is 19.1 Å². The van der Waals surface area contributed by atoms with Crippen LogP contribution in [0.4, 0.5) is 4.79 Å². The number of ether oxygens (including phenoxy) is 1. The average molecular weight is 814 g/mol. The van der Waals surface area contributed by atoms with Crippen molar-refractivity contribution in [3.8, 4) is 0 Å². The Kier molecular flexibility index (Phi) is 14.4. The van der Waals surface area contributed by atoms with Gasteiger partial charge in [-0.05, 0) is 34.1 Å². The third kappa shape index (κ3) is 9.28. The maximum Gasteiger partial charge on any atom is 1.00 e. The number of fused-ring (bicyclic) bond motifs is 1. The van der Waals surface area contributed by atoms with Crippen molar-refractivity contribution in [1.29, 1.82) is 0 Å². The number of imide groups is 1. The van der Waals surface area contributed by atoms with E-state index in [4.69, 9.17) is 21.3 Å². The molecule has 55 heavy (non-hydrogen) atoms. The minimum Gasteiger partial charge on any atom is -1.00 e. The molecule has 2 fully saturated rings. The van der Waals surface area contributed by atoms with Gasteiger partial charge in [0.1, 0.15) is 41.8 Å². The van der Waals surface area contributed by atoms with Gasteiger partial charge in [0, 0.05) is 38.2 Å². The number of carbonyl (C=O) groups excluding carboxylic acids is 6. The Morgan fingerprint density at radius 3 is 2.35 bits per heavy atom. The molecule has 8 N–H and O–H groups in total. The van der Waals surface area contributed by atoms with Crippen molar-refractivity contribution in [3.63, 3.8) is 0 Å². The van der Waals surface area contributed by atoms with Crippen LogP contribution in [0, 0.1) is 0 Å². The third-order valence-corrected chi connectivity index (χ3v) is 11.0. The summed E-state index contributed by atoms with van der Waals surface area (Å²) in [6, 6.07) is -1.36. The summed E-state index contributed by atoms with van der Waals surface area (Å²) in [4.78, 5) is 105. The number of likely N-dealkylation sites (N-methyl/N-ethyl adjacent to an activating group) is 1. The minimum atomic E-state index is -1.58. The molecule has 5 rings (SSSR count). The number of nitrogens with two attached hydrogens (primary N) is 2. The largest absolute Gasteiger partial charge is 1.00 e. The summed E-state index contributed by atoms with van der Waals surface area (Å²) in [5.74, 6) is -6.99. The van der Waals surface area contributed by atoms with Crippen molar-refractivity contribution in [3.05, 3.63) is 46.7 Å². The Balaban J connectivity index is 0.00000420. The minimum absolute atomic E-state index is 0. The number of nitrogens with zero attached hydrogens (tertiary/aromatic N) is 7. The Bertz CT molecular complexity index is 1920. The number of amides is 6. The first-order valence-electron chi connectivity index (χ1n) is 16.1. The molecular formula is C30H36N11NaO11S2. The first kappa shape index (κ1) is 43.1. The molecule has 22 nitrogen and oxygen atoms in total. The van der Waals surface area contributed by atoms with Crippen LogP contribution < -0.4 is 51.7 Å². The predicted octanol–water partition coefficient (Wildman–Crippen LogP) is -5.75. The molecule has 3 aliphatic rings. The first-order chi connectivity index (χ1) is 25.6. The van der Waals surface area contributed by atoms with E-state index in [1.54, 1.807) is 14.0 Å². The molecule has 5 atom stereocenters. The van der Waals surface area contributed by atoms with Crippen LogP contribution in [0.5, 0.6) is 0 Å². The monoisotopic (exact) mass is 813 g/mol. The molecule has 2 saturated heterocycles. The van der Waals surface area contributed by atoms with E-state index in [2.05, 4.69) is 26.2 Å². The molecule has 1 aromatic carbocycles. The number of rotatable bonds is 14. The number of esters is 1. The van der Waals surface area contributed by atoms with Crippen LogP contribution in [0.1, 0.15) is 31.6 Å². The fraction of sp³-hybridized carbons (Fsp3) is 0.433. The van der Waals surface area contributed by atoms with Crippen molar-refractivity contribution >= 4 is 71.1 Å². The molecule has 1 unspecified atom stereocenters. The fourth-order valence-electron chi connectivity index (χ4n) is 5.56. The van der Waals surface area contributed by atoms with E-state index in [-0.39, 0.29) is 78.9 Å². The molecule has 6 amide bonds. The molecule has 0 bridgehead atoms. The molecule has 0 saturated carbocycles. The van der Waals surface area contributed by atoms with Crippen LogP contribution in [0.3, 0.4) is 0 Å². The van der Waals surface area contributed by atoms with Crippen LogP contribution in [0.15, 0.2) is 40.7 Å². The van der Waals surface area contributed by atoms with Crippen molar-refractivity contribution in [2.75, 3.05) is 37.7 Å². The summed E-state index contributed by atoms with van der Waals surface area (Å²) in [6.45, 7) is 1.17. The number of β-lactam (4-membered cyclic amide) rings is 1. The fourth-order valence-corrected chi connectivity index (χ4v) is 7.90. The van der Waals surface area contributed by atoms with Crippen LogP contribution in [-0.4, -0.2) is 148 Å². The molecular weight excluding hydrogens is 778 g/mol. The molecule has 1 aromatic heterocycles. The summed E-state index contributed by atoms with van der Waals surface area (Å²) < 4.78 is 6.30. The van der Waals surface area contributed by atoms with Crippen LogP contribution >= 0.6 is 23.5 Å². The molecule has 2 aromatic rings. The normalized spacial score (nSPS) is 19.7. The van der Waals surface area contributed by atoms with Crippen molar-refractivity contribution in [2.45, 2.75) is 41.6 Å². The number of carboxylic acid groups (broad SMARTS) is 2. The second-order valence-corrected chi connectivity index (χ2v) is 14.0. The second-order valence-electron chi connectivity index (χ2n) is 12.0. The third-order valence-electron chi connectivity index (χ3n) is 8.58. The topological polar surface area (TPSA) is 316 Å². The summed E-state index contributed by atoms with van der Waals surface area (Å²) in [7, 11) is 1.62. The Labute approximate surface area is 343 Å². The smallest absolute Gasteiger partial charge is 1.00 e. The summed E-state index contributed by atoms with van der Waals surface area (Å²) >= 11 is 2.40. The Morgan fingerprint density at radius 1 is 1.07 bits per heavy atom. The Hall–Kier alpha value is -4.59. The van der Waals surface area contributed by atoms with Crippen LogP contribution in [-0.2, 0) is 45.3 Å². The second kappa shape index (κ2) is 18.4. The summed E-state index contributed by atoms with van der Waals surface area (Å²) in [5.41, 5.74) is 11.8. The zero-order valence-electron chi connectivity index (χ0n) is 30.6. The number of urea groups is 1. The maximum absolute atomic E-state index is 13.9. The van der Waals surface area contributed by atoms with Gasteiger partial charge in [-0.1, -0.05) is 36.0 Å². The molecule has 0 radical (unpaired) electrons. The average Bonchev–Trinajstić information content (AvgIpc) is 3.57. The zero-order valence-corrected chi connectivity index (χ0v) is 33.2. The van der Waals surface area contributed by atoms with Gasteiger partial charge in [0.25, 0.3) is 5.91 Å². The van der Waals surface area contributed by atoms with Gasteiger partial charge in [0.15, 0.2) is 0 Å². The first-order valence-corrected chi connectivity index (χ1v) is 18.1. The van der Waals surface area contributed by atoms with E-state index in [9.17, 15) is 43.5 Å². The number of aromatic nitrogens is 4. The van der Waals surface area contributed by atoms with Gasteiger partial charge in [-0.2, -0.15) is 0 Å². The maximum atomic E-state index is 13.9. The zero-order chi connectivity index (χ0) is 39.4. The summed E-state index contributed by atoms with van der Waals surface area (Å²) in [6.07, 6.45) is 0. The number of benzene rings is 1. The van der Waals surface area contributed by atoms with E-state index in [0.717, 1.165) is 4.90 Å². The van der Waals surface area contributed by atoms with E-state index in [1.807, 2.05) is 0 Å². The van der Waals surface area contributed by atoms with Gasteiger partial charge in [-0.15, -0.1) is 16.9 Å². The predicted molar refractivity (Wildman–Crippen MR) is 185 cm³/mol. The number of piperazine rings is 1. The van der Waals surface area contributed by atoms with Crippen molar-refractivity contribution in [1.82, 2.24) is 45.5 Å². The van der Waals surface area contributed by atoms with Crippen LogP contribution in [0.2, 0.25) is 0 Å². The molecule has 4 heterocycles. The molecule has 3 aliphatic heterocycles. The van der Waals surface area contributed by atoms with Gasteiger partial charge in [-0.3, -0.25) is 33.8 Å². The number of aryl methyl sites for hydroxylation is 1. The Morgan fingerprint density at radius 2 is 1.75 bits per heavy atom. The molecule has 0 aliphatic carbocycles. The number of tetrazole rings is 1. The van der Waals surface area contributed by atoms with Crippen molar-refractivity contribution < 1.29 is 84.3 Å². The van der Waals surface area contributed by atoms with Gasteiger partial charge in [0.05, 0.1) is 0 Å². The van der Waals surface area contributed by atoms with E-state index >= 15 is 0 Å². The molecule has 0 spiro atoms. The van der Waals surface area contributed by atoms with Gasteiger partial charge >= 0.3 is 65.3 Å². The van der Waals surface area contributed by atoms with Crippen LogP contribution in [0.25, 0.3) is 0 Å². The number of thioether (sulfide) groups is 2. The number of hydrogen-bond donors (Lipinski definition) is 6. The molecule has 290 valence electrons.